The van der Waals surface area contributed by atoms with Crippen molar-refractivity contribution in [3.05, 3.63) is 0 Å². The fraction of sp³-hybridized carbons (Fsp3) is 1.00. The van der Waals surface area contributed by atoms with Crippen LogP contribution in [0.5, 0.6) is 0 Å². The molecule has 2 N–H and O–H groups in total. The average molecular weight is 241 g/mol. The molecule has 0 bridgehead atoms. The van der Waals surface area contributed by atoms with Crippen molar-refractivity contribution in [1.82, 2.24) is 0 Å². The second kappa shape index (κ2) is 4.89. The largest absolute Gasteiger partial charge is 0.375 e. The molecule has 0 aromatic carbocycles. The zero-order valence-electron chi connectivity index (χ0n) is 12.6. The first-order chi connectivity index (χ1) is 7.67. The molecule has 0 aromatic rings. The third kappa shape index (κ3) is 3.69. The standard InChI is InChI=1S/C15H31NO/c1-7-13(3,4)12(14(5,6)8-2)17-11-15(16)9-10-15/h12H,7-11,16H2,1-6H3. The van der Waals surface area contributed by atoms with Gasteiger partial charge in [0.15, 0.2) is 0 Å². The number of nitrogens with two attached hydrogens (primary N) is 1. The van der Waals surface area contributed by atoms with E-state index < -0.39 is 0 Å². The molecule has 2 heteroatoms. The maximum atomic E-state index is 6.26. The van der Waals surface area contributed by atoms with E-state index in [1.807, 2.05) is 0 Å². The van der Waals surface area contributed by atoms with E-state index in [0.29, 0.717) is 0 Å². The summed E-state index contributed by atoms with van der Waals surface area (Å²) in [6.45, 7) is 14.5. The van der Waals surface area contributed by atoms with Crippen LogP contribution < -0.4 is 5.73 Å². The van der Waals surface area contributed by atoms with Gasteiger partial charge in [-0.25, -0.2) is 0 Å². The van der Waals surface area contributed by atoms with Crippen LogP contribution in [0.3, 0.4) is 0 Å². The topological polar surface area (TPSA) is 35.2 Å². The maximum Gasteiger partial charge on any atom is 0.0677 e. The summed E-state index contributed by atoms with van der Waals surface area (Å²) in [6.07, 6.45) is 4.81. The summed E-state index contributed by atoms with van der Waals surface area (Å²) in [5.74, 6) is 0. The Balaban J connectivity index is 2.71. The lowest BCUT2D eigenvalue weighted by atomic mass is 9.69. The molecular formula is C15H31NO. The van der Waals surface area contributed by atoms with Gasteiger partial charge in [-0.2, -0.15) is 0 Å². The number of hydrogen-bond acceptors (Lipinski definition) is 2. The highest BCUT2D eigenvalue weighted by molar-refractivity contribution is 5.00. The molecule has 0 atom stereocenters. The molecule has 2 nitrogen and oxygen atoms in total. The van der Waals surface area contributed by atoms with E-state index in [-0.39, 0.29) is 22.5 Å². The minimum absolute atomic E-state index is 0.00804. The Bertz CT molecular complexity index is 238. The Morgan fingerprint density at radius 2 is 1.47 bits per heavy atom. The minimum atomic E-state index is -0.00804. The third-order valence-corrected chi connectivity index (χ3v) is 4.67. The predicted octanol–water partition coefficient (Wildman–Crippen LogP) is 3.74. The van der Waals surface area contributed by atoms with Crippen LogP contribution >= 0.6 is 0 Å². The first-order valence-electron chi connectivity index (χ1n) is 7.07. The molecule has 0 unspecified atom stereocenters. The Labute approximate surface area is 107 Å². The molecule has 0 amide bonds. The average Bonchev–Trinajstić information content (AvgIpc) is 2.96. The summed E-state index contributed by atoms with van der Waals surface area (Å²) in [5.41, 5.74) is 6.56. The van der Waals surface area contributed by atoms with Crippen molar-refractivity contribution in [2.45, 2.75) is 78.9 Å². The number of rotatable bonds is 7. The monoisotopic (exact) mass is 241 g/mol. The SMILES string of the molecule is CCC(C)(C)C(OCC1(N)CC1)C(C)(C)CC. The van der Waals surface area contributed by atoms with Crippen molar-refractivity contribution in [3.8, 4) is 0 Å². The van der Waals surface area contributed by atoms with Gasteiger partial charge in [-0.05, 0) is 36.5 Å². The van der Waals surface area contributed by atoms with E-state index in [1.54, 1.807) is 0 Å². The first-order valence-corrected chi connectivity index (χ1v) is 7.07. The molecule has 0 aromatic heterocycles. The molecule has 0 aliphatic heterocycles. The Hall–Kier alpha value is -0.0800. The van der Waals surface area contributed by atoms with E-state index in [1.165, 1.54) is 0 Å². The number of hydrogen-bond donors (Lipinski definition) is 1. The van der Waals surface area contributed by atoms with Gasteiger partial charge in [-0.15, -0.1) is 0 Å². The van der Waals surface area contributed by atoms with E-state index >= 15 is 0 Å². The van der Waals surface area contributed by atoms with Gasteiger partial charge in [0.2, 0.25) is 0 Å². The highest BCUT2D eigenvalue weighted by Crippen LogP contribution is 2.42. The van der Waals surface area contributed by atoms with Gasteiger partial charge in [0.25, 0.3) is 0 Å². The van der Waals surface area contributed by atoms with Crippen molar-refractivity contribution in [3.63, 3.8) is 0 Å². The summed E-state index contributed by atoms with van der Waals surface area (Å²) >= 11 is 0. The van der Waals surface area contributed by atoms with Crippen molar-refractivity contribution >= 4 is 0 Å². The van der Waals surface area contributed by atoms with Crippen LogP contribution in [0.4, 0.5) is 0 Å². The second-order valence-corrected chi connectivity index (χ2v) is 7.24. The van der Waals surface area contributed by atoms with E-state index in [9.17, 15) is 0 Å². The summed E-state index contributed by atoms with van der Waals surface area (Å²) in [4.78, 5) is 0. The van der Waals surface area contributed by atoms with Crippen LogP contribution in [-0.4, -0.2) is 18.2 Å². The lowest BCUT2D eigenvalue weighted by Crippen LogP contribution is -2.45. The third-order valence-electron chi connectivity index (χ3n) is 4.67. The second-order valence-electron chi connectivity index (χ2n) is 7.24. The zero-order valence-corrected chi connectivity index (χ0v) is 12.6. The van der Waals surface area contributed by atoms with Crippen LogP contribution in [0, 0.1) is 10.8 Å². The molecule has 0 radical (unpaired) electrons. The first kappa shape index (κ1) is 15.0. The summed E-state index contributed by atoms with van der Waals surface area (Å²) < 4.78 is 6.26. The van der Waals surface area contributed by atoms with Gasteiger partial charge in [-0.1, -0.05) is 41.5 Å². The lowest BCUT2D eigenvalue weighted by Gasteiger charge is -2.44. The van der Waals surface area contributed by atoms with Gasteiger partial charge in [0.05, 0.1) is 12.7 Å². The lowest BCUT2D eigenvalue weighted by molar-refractivity contribution is -0.103. The Morgan fingerprint density at radius 3 is 1.76 bits per heavy atom. The fourth-order valence-corrected chi connectivity index (χ4v) is 2.43. The van der Waals surface area contributed by atoms with Crippen molar-refractivity contribution in [2.24, 2.45) is 16.6 Å². The molecule has 17 heavy (non-hydrogen) atoms. The summed E-state index contributed by atoms with van der Waals surface area (Å²) in [5, 5.41) is 0. The van der Waals surface area contributed by atoms with Gasteiger partial charge >= 0.3 is 0 Å². The number of ether oxygens (including phenoxy) is 1. The van der Waals surface area contributed by atoms with Crippen LogP contribution in [0.25, 0.3) is 0 Å². The molecule has 102 valence electrons. The Kier molecular flexibility index (Phi) is 4.31. The van der Waals surface area contributed by atoms with Gasteiger partial charge < -0.3 is 10.5 Å². The zero-order chi connectivity index (χ0) is 13.3. The van der Waals surface area contributed by atoms with Crippen LogP contribution in [0.2, 0.25) is 0 Å². The molecular weight excluding hydrogens is 210 g/mol. The molecule has 1 aliphatic rings. The minimum Gasteiger partial charge on any atom is -0.375 e. The van der Waals surface area contributed by atoms with Crippen LogP contribution in [0.1, 0.15) is 67.2 Å². The predicted molar refractivity (Wildman–Crippen MR) is 74.0 cm³/mol. The molecule has 0 heterocycles. The highest BCUT2D eigenvalue weighted by Gasteiger charge is 2.44. The van der Waals surface area contributed by atoms with Crippen LogP contribution in [0.15, 0.2) is 0 Å². The van der Waals surface area contributed by atoms with E-state index in [2.05, 4.69) is 41.5 Å². The molecule has 1 fully saturated rings. The van der Waals surface area contributed by atoms with Gasteiger partial charge in [-0.3, -0.25) is 0 Å². The molecule has 0 spiro atoms. The van der Waals surface area contributed by atoms with Gasteiger partial charge in [0, 0.05) is 5.54 Å². The fourth-order valence-electron chi connectivity index (χ4n) is 2.43. The molecule has 1 saturated carbocycles. The van der Waals surface area contributed by atoms with Crippen LogP contribution in [-0.2, 0) is 4.74 Å². The quantitative estimate of drug-likeness (QED) is 0.737. The van der Waals surface area contributed by atoms with Crippen molar-refractivity contribution in [1.29, 1.82) is 0 Å². The Morgan fingerprint density at radius 1 is 1.06 bits per heavy atom. The van der Waals surface area contributed by atoms with Crippen molar-refractivity contribution in [2.75, 3.05) is 6.61 Å². The van der Waals surface area contributed by atoms with Crippen molar-refractivity contribution < 1.29 is 4.74 Å². The van der Waals surface area contributed by atoms with Gasteiger partial charge in [0.1, 0.15) is 0 Å². The summed E-state index contributed by atoms with van der Waals surface area (Å²) in [6, 6.07) is 0. The summed E-state index contributed by atoms with van der Waals surface area (Å²) in [7, 11) is 0. The smallest absolute Gasteiger partial charge is 0.0677 e. The molecule has 1 aliphatic carbocycles. The van der Waals surface area contributed by atoms with E-state index in [0.717, 1.165) is 32.3 Å². The maximum absolute atomic E-state index is 6.26. The molecule has 0 saturated heterocycles. The molecule has 1 rings (SSSR count). The highest BCUT2D eigenvalue weighted by atomic mass is 16.5. The van der Waals surface area contributed by atoms with E-state index in [4.69, 9.17) is 10.5 Å². The normalized spacial score (nSPS) is 19.8.